The number of pyridine rings is 1. The maximum Gasteiger partial charge on any atom is 0.387 e. The molecule has 1 amide bonds. The minimum atomic E-state index is -2.87. The summed E-state index contributed by atoms with van der Waals surface area (Å²) in [5.41, 5.74) is 1.45. The van der Waals surface area contributed by atoms with E-state index in [1.165, 1.54) is 35.5 Å². The number of hydrogen-bond donors (Lipinski definition) is 1. The number of carbonyl (C=O) groups excluding carboxylic acids is 1. The molecule has 0 saturated heterocycles. The summed E-state index contributed by atoms with van der Waals surface area (Å²) in [6.45, 7) is -2.61. The van der Waals surface area contributed by atoms with Gasteiger partial charge in [-0.1, -0.05) is 18.2 Å². The molecule has 0 bridgehead atoms. The number of ether oxygens (including phenoxy) is 1. The summed E-state index contributed by atoms with van der Waals surface area (Å²) in [6, 6.07) is 9.56. The fourth-order valence-corrected chi connectivity index (χ4v) is 2.27. The fourth-order valence-electron chi connectivity index (χ4n) is 2.27. The summed E-state index contributed by atoms with van der Waals surface area (Å²) in [6.07, 6.45) is 7.48. The average Bonchev–Trinajstić information content (AvgIpc) is 3.20. The fraction of sp³-hybridized carbons (Fsp3) is 0.111. The van der Waals surface area contributed by atoms with Crippen molar-refractivity contribution >= 4 is 12.0 Å². The van der Waals surface area contributed by atoms with Crippen LogP contribution in [0, 0.1) is 0 Å². The number of benzene rings is 1. The molecule has 0 unspecified atom stereocenters. The molecule has 3 aromatic rings. The topological polar surface area (TPSA) is 81.9 Å². The zero-order valence-electron chi connectivity index (χ0n) is 14.0. The standard InChI is InChI=1S/C18H15F2N5O2/c19-18(20)27-15-6-3-13(4-7-15)5-8-16(26)23-10-14-2-1-9-22-17(14)25-12-21-11-24-25/h1-9,11-12,18H,10H2,(H,23,26). The second-order valence-electron chi connectivity index (χ2n) is 5.32. The SMILES string of the molecule is O=C(C=Cc1ccc(OC(F)F)cc1)NCc1cccnc1-n1cncn1. The Bertz CT molecular complexity index is 912. The largest absolute Gasteiger partial charge is 0.435 e. The third-order valence-electron chi connectivity index (χ3n) is 3.49. The van der Waals surface area contributed by atoms with E-state index in [-0.39, 0.29) is 18.2 Å². The molecule has 0 aliphatic rings. The minimum Gasteiger partial charge on any atom is -0.435 e. The second-order valence-corrected chi connectivity index (χ2v) is 5.32. The Balaban J connectivity index is 1.58. The Morgan fingerprint density at radius 2 is 2.07 bits per heavy atom. The van der Waals surface area contributed by atoms with Crippen LogP contribution in [0.1, 0.15) is 11.1 Å². The summed E-state index contributed by atoms with van der Waals surface area (Å²) in [5.74, 6) is 0.328. The third-order valence-corrected chi connectivity index (χ3v) is 3.49. The number of amides is 1. The van der Waals surface area contributed by atoms with Crippen LogP contribution in [0.4, 0.5) is 8.78 Å². The summed E-state index contributed by atoms with van der Waals surface area (Å²) in [4.78, 5) is 20.2. The van der Waals surface area contributed by atoms with Crippen LogP contribution in [0.3, 0.4) is 0 Å². The molecule has 0 saturated carbocycles. The van der Waals surface area contributed by atoms with Crippen molar-refractivity contribution in [2.45, 2.75) is 13.2 Å². The van der Waals surface area contributed by atoms with Crippen LogP contribution in [0.25, 0.3) is 11.9 Å². The van der Waals surface area contributed by atoms with E-state index in [1.807, 2.05) is 6.07 Å². The number of aromatic nitrogens is 4. The Labute approximate surface area is 153 Å². The molecule has 9 heteroatoms. The van der Waals surface area contributed by atoms with Gasteiger partial charge < -0.3 is 10.1 Å². The molecule has 1 aromatic carbocycles. The Morgan fingerprint density at radius 3 is 2.78 bits per heavy atom. The molecule has 0 atom stereocenters. The van der Waals surface area contributed by atoms with Gasteiger partial charge in [0, 0.05) is 24.4 Å². The normalized spacial score (nSPS) is 11.1. The minimum absolute atomic E-state index is 0.0591. The number of carbonyl (C=O) groups is 1. The number of alkyl halides is 2. The van der Waals surface area contributed by atoms with Crippen LogP contribution in [0.5, 0.6) is 5.75 Å². The van der Waals surface area contributed by atoms with Gasteiger partial charge in [-0.2, -0.15) is 13.9 Å². The third kappa shape index (κ3) is 5.18. The van der Waals surface area contributed by atoms with Crippen molar-refractivity contribution in [2.24, 2.45) is 0 Å². The molecule has 0 fully saturated rings. The van der Waals surface area contributed by atoms with Gasteiger partial charge >= 0.3 is 6.61 Å². The van der Waals surface area contributed by atoms with E-state index >= 15 is 0 Å². The van der Waals surface area contributed by atoms with Gasteiger partial charge in [0.25, 0.3) is 0 Å². The molecule has 2 heterocycles. The number of hydrogen-bond acceptors (Lipinski definition) is 5. The molecular weight excluding hydrogens is 356 g/mol. The van der Waals surface area contributed by atoms with Gasteiger partial charge in [-0.05, 0) is 29.8 Å². The van der Waals surface area contributed by atoms with Crippen molar-refractivity contribution in [3.63, 3.8) is 0 Å². The molecule has 0 spiro atoms. The first-order valence-corrected chi connectivity index (χ1v) is 7.91. The predicted octanol–water partition coefficient (Wildman–Crippen LogP) is 2.59. The zero-order chi connectivity index (χ0) is 19.1. The van der Waals surface area contributed by atoms with Crippen LogP contribution in [0.15, 0.2) is 61.3 Å². The highest BCUT2D eigenvalue weighted by Crippen LogP contribution is 2.15. The lowest BCUT2D eigenvalue weighted by molar-refractivity contribution is -0.116. The van der Waals surface area contributed by atoms with Crippen molar-refractivity contribution < 1.29 is 18.3 Å². The first-order chi connectivity index (χ1) is 13.1. The molecule has 138 valence electrons. The molecule has 2 aromatic heterocycles. The second kappa shape index (κ2) is 8.65. The number of nitrogens with one attached hydrogen (secondary N) is 1. The van der Waals surface area contributed by atoms with Crippen molar-refractivity contribution in [1.29, 1.82) is 0 Å². The van der Waals surface area contributed by atoms with Gasteiger partial charge in [-0.25, -0.2) is 14.6 Å². The van der Waals surface area contributed by atoms with Crippen molar-refractivity contribution in [1.82, 2.24) is 25.1 Å². The molecule has 27 heavy (non-hydrogen) atoms. The number of rotatable bonds is 7. The lowest BCUT2D eigenvalue weighted by Gasteiger charge is -2.08. The van der Waals surface area contributed by atoms with E-state index in [9.17, 15) is 13.6 Å². The number of halogens is 2. The quantitative estimate of drug-likeness (QED) is 0.646. The molecule has 0 aliphatic heterocycles. The van der Waals surface area contributed by atoms with Gasteiger partial charge in [0.2, 0.25) is 5.91 Å². The smallest absolute Gasteiger partial charge is 0.387 e. The van der Waals surface area contributed by atoms with E-state index in [4.69, 9.17) is 0 Å². The van der Waals surface area contributed by atoms with E-state index in [2.05, 4.69) is 25.1 Å². The van der Waals surface area contributed by atoms with Crippen molar-refractivity contribution in [2.75, 3.05) is 0 Å². The summed E-state index contributed by atoms with van der Waals surface area (Å²) < 4.78 is 30.0. The van der Waals surface area contributed by atoms with Crippen LogP contribution in [-0.4, -0.2) is 32.3 Å². The van der Waals surface area contributed by atoms with Crippen molar-refractivity contribution in [3.05, 3.63) is 72.5 Å². The average molecular weight is 371 g/mol. The maximum atomic E-state index is 12.1. The van der Waals surface area contributed by atoms with Gasteiger partial charge in [0.05, 0.1) is 0 Å². The van der Waals surface area contributed by atoms with Gasteiger partial charge in [0.1, 0.15) is 18.4 Å². The van der Waals surface area contributed by atoms with Crippen LogP contribution < -0.4 is 10.1 Å². The van der Waals surface area contributed by atoms with Crippen molar-refractivity contribution in [3.8, 4) is 11.6 Å². The van der Waals surface area contributed by atoms with Crippen LogP contribution in [-0.2, 0) is 11.3 Å². The highest BCUT2D eigenvalue weighted by molar-refractivity contribution is 5.91. The zero-order valence-corrected chi connectivity index (χ0v) is 14.0. The number of nitrogens with zero attached hydrogens (tertiary/aromatic N) is 4. The lowest BCUT2D eigenvalue weighted by Crippen LogP contribution is -2.21. The first-order valence-electron chi connectivity index (χ1n) is 7.91. The first kappa shape index (κ1) is 18.2. The van der Waals surface area contributed by atoms with E-state index in [1.54, 1.807) is 30.5 Å². The maximum absolute atomic E-state index is 12.1. The van der Waals surface area contributed by atoms with Crippen LogP contribution >= 0.6 is 0 Å². The highest BCUT2D eigenvalue weighted by Gasteiger charge is 2.07. The van der Waals surface area contributed by atoms with E-state index < -0.39 is 6.61 Å². The molecule has 3 rings (SSSR count). The Hall–Kier alpha value is -3.62. The summed E-state index contributed by atoms with van der Waals surface area (Å²) in [7, 11) is 0. The van der Waals surface area contributed by atoms with E-state index in [0.717, 1.165) is 5.56 Å². The van der Waals surface area contributed by atoms with Gasteiger partial charge in [-0.15, -0.1) is 0 Å². The summed E-state index contributed by atoms with van der Waals surface area (Å²) >= 11 is 0. The lowest BCUT2D eigenvalue weighted by atomic mass is 10.2. The molecule has 0 aliphatic carbocycles. The Morgan fingerprint density at radius 1 is 1.26 bits per heavy atom. The molecule has 7 nitrogen and oxygen atoms in total. The van der Waals surface area contributed by atoms with Crippen LogP contribution in [0.2, 0.25) is 0 Å². The molecule has 0 radical (unpaired) electrons. The highest BCUT2D eigenvalue weighted by atomic mass is 19.3. The summed E-state index contributed by atoms with van der Waals surface area (Å²) in [5, 5.41) is 6.79. The monoisotopic (exact) mass is 371 g/mol. The van der Waals surface area contributed by atoms with E-state index in [0.29, 0.717) is 11.4 Å². The molecule has 1 N–H and O–H groups in total. The van der Waals surface area contributed by atoms with Gasteiger partial charge in [-0.3, -0.25) is 4.79 Å². The van der Waals surface area contributed by atoms with Gasteiger partial charge in [0.15, 0.2) is 5.82 Å². The predicted molar refractivity (Wildman–Crippen MR) is 93.1 cm³/mol. The molecular formula is C18H15F2N5O2. The Kier molecular flexibility index (Phi) is 5.83.